The Morgan fingerprint density at radius 3 is 2.54 bits per heavy atom. The number of nitrogens with zero attached hydrogens (tertiary/aromatic N) is 7. The molecule has 3 aliphatic rings. The van der Waals surface area contributed by atoms with Gasteiger partial charge < -0.3 is 15.0 Å². The maximum atomic E-state index is 13.5. The van der Waals surface area contributed by atoms with Crippen LogP contribution in [-0.4, -0.2) is 58.9 Å². The van der Waals surface area contributed by atoms with E-state index in [-0.39, 0.29) is 24.1 Å². The normalized spacial score (nSPS) is 22.2. The lowest BCUT2D eigenvalue weighted by Crippen LogP contribution is -2.49. The van der Waals surface area contributed by atoms with Gasteiger partial charge in [0.05, 0.1) is 22.6 Å². The molecule has 1 saturated carbocycles. The molecule has 1 N–H and O–H groups in total. The summed E-state index contributed by atoms with van der Waals surface area (Å²) in [5.74, 6) is 1.85. The highest BCUT2D eigenvalue weighted by atomic mass is 32.1. The number of nitrogens with one attached hydrogen (secondary N) is 1. The highest BCUT2D eigenvalue weighted by Crippen LogP contribution is 2.40. The minimum absolute atomic E-state index is 0.0390. The number of pyridine rings is 1. The molecule has 2 aliphatic heterocycles. The number of anilines is 2. The van der Waals surface area contributed by atoms with Crippen LogP contribution in [0.3, 0.4) is 0 Å². The average Bonchev–Trinajstić information content (AvgIpc) is 3.51. The van der Waals surface area contributed by atoms with Crippen molar-refractivity contribution >= 4 is 28.2 Å². The standard InChI is InChI=1S/C28H30N8O2S/c1-16-22(14-35(2)34-16)24-15-39-28(30-24)31-25-9-5-18(13-29-25)27(37)36-19-6-7-20(36)12-21(11-19)38-26-10-8-23(32-33-26)17-3-4-17/h5,8-10,13-15,17,19-21H,3-4,6-7,11-12H2,1-2H3,(H,29,30,31)/t19-,20+,21?. The van der Waals surface area contributed by atoms with Gasteiger partial charge in [0.25, 0.3) is 5.91 Å². The van der Waals surface area contributed by atoms with Crippen LogP contribution < -0.4 is 10.1 Å². The van der Waals surface area contributed by atoms with Gasteiger partial charge in [0.2, 0.25) is 5.88 Å². The first kappa shape index (κ1) is 24.2. The summed E-state index contributed by atoms with van der Waals surface area (Å²) >= 11 is 1.51. The van der Waals surface area contributed by atoms with Crippen molar-refractivity contribution in [1.82, 2.24) is 34.8 Å². The molecule has 4 aromatic heterocycles. The van der Waals surface area contributed by atoms with E-state index in [9.17, 15) is 4.79 Å². The first-order valence-electron chi connectivity index (χ1n) is 13.5. The zero-order valence-electron chi connectivity index (χ0n) is 21.9. The first-order valence-corrected chi connectivity index (χ1v) is 14.4. The molecular formula is C28H30N8O2S. The fraction of sp³-hybridized carbons (Fsp3) is 0.429. The Labute approximate surface area is 230 Å². The molecular weight excluding hydrogens is 512 g/mol. The monoisotopic (exact) mass is 542 g/mol. The molecule has 200 valence electrons. The van der Waals surface area contributed by atoms with Gasteiger partial charge >= 0.3 is 0 Å². The van der Waals surface area contributed by atoms with E-state index >= 15 is 0 Å². The number of carbonyl (C=O) groups is 1. The summed E-state index contributed by atoms with van der Waals surface area (Å²) in [6.45, 7) is 1.98. The van der Waals surface area contributed by atoms with Crippen LogP contribution in [0.15, 0.2) is 42.0 Å². The van der Waals surface area contributed by atoms with Gasteiger partial charge in [0.1, 0.15) is 11.9 Å². The van der Waals surface area contributed by atoms with Gasteiger partial charge in [0.15, 0.2) is 5.13 Å². The van der Waals surface area contributed by atoms with E-state index in [4.69, 9.17) is 4.74 Å². The van der Waals surface area contributed by atoms with E-state index in [0.29, 0.717) is 23.2 Å². The molecule has 11 heteroatoms. The quantitative estimate of drug-likeness (QED) is 0.352. The van der Waals surface area contributed by atoms with Crippen molar-refractivity contribution in [2.75, 3.05) is 5.32 Å². The highest BCUT2D eigenvalue weighted by molar-refractivity contribution is 7.14. The van der Waals surface area contributed by atoms with Crippen LogP contribution in [0.4, 0.5) is 10.9 Å². The van der Waals surface area contributed by atoms with Crippen LogP contribution in [0.25, 0.3) is 11.3 Å². The molecule has 0 spiro atoms. The predicted octanol–water partition coefficient (Wildman–Crippen LogP) is 4.87. The van der Waals surface area contributed by atoms with Crippen molar-refractivity contribution in [2.24, 2.45) is 7.05 Å². The summed E-state index contributed by atoms with van der Waals surface area (Å²) in [6, 6.07) is 7.99. The van der Waals surface area contributed by atoms with Crippen molar-refractivity contribution in [3.8, 4) is 17.1 Å². The van der Waals surface area contributed by atoms with E-state index in [1.165, 1.54) is 24.2 Å². The lowest BCUT2D eigenvalue weighted by Gasteiger charge is -2.38. The van der Waals surface area contributed by atoms with Gasteiger partial charge in [-0.25, -0.2) is 9.97 Å². The number of carbonyl (C=O) groups excluding carboxylic acids is 1. The Hall–Kier alpha value is -3.86. The van der Waals surface area contributed by atoms with E-state index in [2.05, 4.69) is 35.5 Å². The number of amides is 1. The van der Waals surface area contributed by atoms with Crippen LogP contribution in [-0.2, 0) is 7.05 Å². The van der Waals surface area contributed by atoms with Gasteiger partial charge in [-0.05, 0) is 50.8 Å². The highest BCUT2D eigenvalue weighted by Gasteiger charge is 2.44. The summed E-state index contributed by atoms with van der Waals surface area (Å²) in [5, 5.41) is 19.0. The number of aryl methyl sites for hydroxylation is 2. The fourth-order valence-corrected chi connectivity index (χ4v) is 6.59. The van der Waals surface area contributed by atoms with Crippen molar-refractivity contribution < 1.29 is 9.53 Å². The second-order valence-corrected chi connectivity index (χ2v) is 11.6. The van der Waals surface area contributed by atoms with Crippen LogP contribution >= 0.6 is 11.3 Å². The smallest absolute Gasteiger partial charge is 0.255 e. The molecule has 1 unspecified atom stereocenters. The van der Waals surface area contributed by atoms with E-state index in [1.54, 1.807) is 10.9 Å². The van der Waals surface area contributed by atoms with Crippen LogP contribution in [0.1, 0.15) is 66.2 Å². The number of hydrogen-bond acceptors (Lipinski definition) is 9. The third kappa shape index (κ3) is 4.87. The number of aromatic nitrogens is 6. The first-order chi connectivity index (χ1) is 19.0. The molecule has 2 saturated heterocycles. The number of rotatable bonds is 7. The van der Waals surface area contributed by atoms with Crippen LogP contribution in [0.5, 0.6) is 5.88 Å². The second kappa shape index (κ2) is 9.71. The topological polar surface area (TPSA) is 111 Å². The molecule has 2 bridgehead atoms. The molecule has 39 heavy (non-hydrogen) atoms. The fourth-order valence-electron chi connectivity index (χ4n) is 5.87. The molecule has 3 fully saturated rings. The Bertz CT molecular complexity index is 1480. The summed E-state index contributed by atoms with van der Waals surface area (Å²) < 4.78 is 7.98. The van der Waals surface area contributed by atoms with Crippen LogP contribution in [0, 0.1) is 6.92 Å². The van der Waals surface area contributed by atoms with Crippen molar-refractivity contribution in [3.05, 3.63) is 59.0 Å². The molecule has 0 aromatic carbocycles. The summed E-state index contributed by atoms with van der Waals surface area (Å²) in [7, 11) is 1.90. The Morgan fingerprint density at radius 2 is 1.90 bits per heavy atom. The second-order valence-electron chi connectivity index (χ2n) is 10.8. The largest absolute Gasteiger partial charge is 0.473 e. The van der Waals surface area contributed by atoms with Crippen LogP contribution in [0.2, 0.25) is 0 Å². The van der Waals surface area contributed by atoms with E-state index in [1.807, 2.05) is 49.8 Å². The summed E-state index contributed by atoms with van der Waals surface area (Å²) in [4.78, 5) is 24.7. The number of hydrogen-bond donors (Lipinski definition) is 1. The Balaban J connectivity index is 0.976. The molecule has 3 atom stereocenters. The van der Waals surface area contributed by atoms with Gasteiger partial charge in [-0.15, -0.1) is 16.4 Å². The molecule has 0 radical (unpaired) electrons. The molecule has 6 heterocycles. The van der Waals surface area contributed by atoms with Gasteiger partial charge in [0, 0.05) is 67.3 Å². The van der Waals surface area contributed by atoms with Crippen molar-refractivity contribution in [3.63, 3.8) is 0 Å². The lowest BCUT2D eigenvalue weighted by atomic mass is 9.98. The van der Waals surface area contributed by atoms with E-state index < -0.39 is 0 Å². The molecule has 7 rings (SSSR count). The van der Waals surface area contributed by atoms with Gasteiger partial charge in [-0.2, -0.15) is 10.2 Å². The Morgan fingerprint density at radius 1 is 1.08 bits per heavy atom. The number of thiazole rings is 1. The number of fused-ring (bicyclic) bond motifs is 2. The van der Waals surface area contributed by atoms with Gasteiger partial charge in [-0.1, -0.05) is 0 Å². The Kier molecular flexibility index (Phi) is 6.03. The molecule has 4 aromatic rings. The molecule has 1 amide bonds. The number of ether oxygens (including phenoxy) is 1. The number of piperidine rings is 1. The van der Waals surface area contributed by atoms with E-state index in [0.717, 1.165) is 53.5 Å². The minimum Gasteiger partial charge on any atom is -0.473 e. The molecule has 10 nitrogen and oxygen atoms in total. The van der Waals surface area contributed by atoms with Gasteiger partial charge in [-0.3, -0.25) is 9.48 Å². The van der Waals surface area contributed by atoms with Crippen molar-refractivity contribution in [2.45, 2.75) is 69.6 Å². The average molecular weight is 543 g/mol. The summed E-state index contributed by atoms with van der Waals surface area (Å²) in [5.41, 5.74) is 4.50. The lowest BCUT2D eigenvalue weighted by molar-refractivity contribution is 0.0345. The predicted molar refractivity (Wildman–Crippen MR) is 147 cm³/mol. The third-order valence-electron chi connectivity index (χ3n) is 7.91. The zero-order chi connectivity index (χ0) is 26.5. The maximum absolute atomic E-state index is 13.5. The van der Waals surface area contributed by atoms with Crippen molar-refractivity contribution in [1.29, 1.82) is 0 Å². The SMILES string of the molecule is Cc1nn(C)cc1-c1csc(Nc2ccc(C(=O)N3[C@@H]4CC[C@H]3CC(Oc3ccc(C5CC5)nn3)C4)cn2)n1. The third-order valence-corrected chi connectivity index (χ3v) is 8.66. The zero-order valence-corrected chi connectivity index (χ0v) is 22.8. The minimum atomic E-state index is 0.0390. The molecule has 1 aliphatic carbocycles. The summed E-state index contributed by atoms with van der Waals surface area (Å²) in [6.07, 6.45) is 9.71. The maximum Gasteiger partial charge on any atom is 0.255 e.